The number of ether oxygens (including phenoxy) is 1. The van der Waals surface area contributed by atoms with Gasteiger partial charge in [0.25, 0.3) is 5.91 Å². The summed E-state index contributed by atoms with van der Waals surface area (Å²) in [5.74, 6) is -1.95. The van der Waals surface area contributed by atoms with Crippen LogP contribution in [0.25, 0.3) is 0 Å². The molecule has 1 unspecified atom stereocenters. The summed E-state index contributed by atoms with van der Waals surface area (Å²) in [5, 5.41) is 11.6. The molecule has 0 saturated carbocycles. The van der Waals surface area contributed by atoms with Crippen LogP contribution in [-0.4, -0.2) is 30.1 Å². The molecule has 0 aromatic heterocycles. The molecule has 0 saturated heterocycles. The van der Waals surface area contributed by atoms with Crippen LogP contribution < -0.4 is 10.1 Å². The SMILES string of the molecule is CCC(C)(CNC(=O)c1ccccc1OC(F)F)C(=O)O. The summed E-state index contributed by atoms with van der Waals surface area (Å²) in [6.45, 7) is 0.0327. The second-order valence-electron chi connectivity index (χ2n) is 4.78. The number of carbonyl (C=O) groups excluding carboxylic acids is 1. The van der Waals surface area contributed by atoms with Crippen molar-refractivity contribution in [2.45, 2.75) is 26.9 Å². The first kappa shape index (κ1) is 16.9. The smallest absolute Gasteiger partial charge is 0.387 e. The second kappa shape index (κ2) is 7.01. The van der Waals surface area contributed by atoms with Crippen LogP contribution in [0.4, 0.5) is 8.78 Å². The molecule has 0 fully saturated rings. The lowest BCUT2D eigenvalue weighted by atomic mass is 9.87. The number of para-hydroxylation sites is 1. The average molecular weight is 301 g/mol. The first-order valence-electron chi connectivity index (χ1n) is 6.35. The second-order valence-corrected chi connectivity index (χ2v) is 4.78. The van der Waals surface area contributed by atoms with E-state index in [1.54, 1.807) is 6.92 Å². The fourth-order valence-corrected chi connectivity index (χ4v) is 1.58. The maximum Gasteiger partial charge on any atom is 0.387 e. The Bertz CT molecular complexity index is 521. The third kappa shape index (κ3) is 4.40. The van der Waals surface area contributed by atoms with Crippen molar-refractivity contribution in [2.75, 3.05) is 6.54 Å². The largest absolute Gasteiger partial charge is 0.481 e. The lowest BCUT2D eigenvalue weighted by molar-refractivity contribution is -0.147. The van der Waals surface area contributed by atoms with Crippen LogP contribution in [0.5, 0.6) is 5.75 Å². The van der Waals surface area contributed by atoms with E-state index in [2.05, 4.69) is 10.1 Å². The molecule has 0 radical (unpaired) electrons. The van der Waals surface area contributed by atoms with E-state index in [4.69, 9.17) is 5.11 Å². The minimum Gasteiger partial charge on any atom is -0.481 e. The molecule has 2 N–H and O–H groups in total. The number of alkyl halides is 2. The standard InChI is InChI=1S/C14H17F2NO4/c1-3-14(2,12(19)20)8-17-11(18)9-6-4-5-7-10(9)21-13(15)16/h4-7,13H,3,8H2,1-2H3,(H,17,18)(H,19,20). The van der Waals surface area contributed by atoms with Crippen molar-refractivity contribution in [3.05, 3.63) is 29.8 Å². The van der Waals surface area contributed by atoms with Gasteiger partial charge in [0.15, 0.2) is 0 Å². The molecule has 0 aliphatic rings. The summed E-state index contributed by atoms with van der Waals surface area (Å²) in [6.07, 6.45) is 0.317. The van der Waals surface area contributed by atoms with Crippen LogP contribution in [0, 0.1) is 5.41 Å². The topological polar surface area (TPSA) is 75.6 Å². The van der Waals surface area contributed by atoms with E-state index < -0.39 is 23.9 Å². The predicted octanol–water partition coefficient (Wildman–Crippen LogP) is 2.52. The highest BCUT2D eigenvalue weighted by molar-refractivity contribution is 5.97. The highest BCUT2D eigenvalue weighted by Gasteiger charge is 2.31. The van der Waals surface area contributed by atoms with Crippen LogP contribution in [-0.2, 0) is 4.79 Å². The van der Waals surface area contributed by atoms with Gasteiger partial charge in [-0.2, -0.15) is 8.78 Å². The lowest BCUT2D eigenvalue weighted by Crippen LogP contribution is -2.40. The van der Waals surface area contributed by atoms with Crippen molar-refractivity contribution < 1.29 is 28.2 Å². The highest BCUT2D eigenvalue weighted by atomic mass is 19.3. The molecule has 0 aliphatic carbocycles. The molecule has 116 valence electrons. The van der Waals surface area contributed by atoms with Crippen molar-refractivity contribution in [3.8, 4) is 5.75 Å². The van der Waals surface area contributed by atoms with Crippen LogP contribution in [0.1, 0.15) is 30.6 Å². The summed E-state index contributed by atoms with van der Waals surface area (Å²) >= 11 is 0. The fourth-order valence-electron chi connectivity index (χ4n) is 1.58. The number of amides is 1. The molecule has 1 atom stereocenters. The van der Waals surface area contributed by atoms with Gasteiger partial charge in [-0.1, -0.05) is 19.1 Å². The molecule has 0 heterocycles. The minimum atomic E-state index is -3.04. The maximum atomic E-state index is 12.3. The Labute approximate surface area is 120 Å². The number of hydrogen-bond donors (Lipinski definition) is 2. The van der Waals surface area contributed by atoms with Crippen LogP contribution >= 0.6 is 0 Å². The third-order valence-corrected chi connectivity index (χ3v) is 3.28. The molecule has 7 heteroatoms. The zero-order valence-corrected chi connectivity index (χ0v) is 11.7. The number of carboxylic acid groups (broad SMARTS) is 1. The quantitative estimate of drug-likeness (QED) is 0.811. The summed E-state index contributed by atoms with van der Waals surface area (Å²) in [5.41, 5.74) is -1.18. The maximum absolute atomic E-state index is 12.3. The molecular weight excluding hydrogens is 284 g/mol. The van der Waals surface area contributed by atoms with Gasteiger partial charge >= 0.3 is 12.6 Å². The van der Waals surface area contributed by atoms with E-state index in [0.717, 1.165) is 0 Å². The number of carbonyl (C=O) groups is 2. The molecule has 0 aliphatic heterocycles. The Morgan fingerprint density at radius 2 is 2.00 bits per heavy atom. The molecule has 1 aromatic carbocycles. The van der Waals surface area contributed by atoms with E-state index in [1.165, 1.54) is 31.2 Å². The third-order valence-electron chi connectivity index (χ3n) is 3.28. The Hall–Kier alpha value is -2.18. The molecule has 21 heavy (non-hydrogen) atoms. The molecule has 0 spiro atoms. The summed E-state index contributed by atoms with van der Waals surface area (Å²) in [6, 6.07) is 5.54. The number of hydrogen-bond acceptors (Lipinski definition) is 3. The lowest BCUT2D eigenvalue weighted by Gasteiger charge is -2.23. The van der Waals surface area contributed by atoms with Crippen molar-refractivity contribution in [3.63, 3.8) is 0 Å². The molecule has 1 aromatic rings. The summed E-state index contributed by atoms with van der Waals surface area (Å²) in [4.78, 5) is 23.1. The molecule has 0 bridgehead atoms. The van der Waals surface area contributed by atoms with Crippen molar-refractivity contribution >= 4 is 11.9 Å². The van der Waals surface area contributed by atoms with E-state index in [9.17, 15) is 18.4 Å². The Morgan fingerprint density at radius 1 is 1.38 bits per heavy atom. The Balaban J connectivity index is 2.83. The van der Waals surface area contributed by atoms with Gasteiger partial charge in [-0.25, -0.2) is 0 Å². The van der Waals surface area contributed by atoms with Gasteiger partial charge in [0, 0.05) is 6.54 Å². The number of carboxylic acids is 1. The predicted molar refractivity (Wildman–Crippen MR) is 71.4 cm³/mol. The monoisotopic (exact) mass is 301 g/mol. The number of rotatable bonds is 7. The first-order chi connectivity index (χ1) is 9.80. The molecule has 1 amide bonds. The van der Waals surface area contributed by atoms with Crippen molar-refractivity contribution in [1.82, 2.24) is 5.32 Å². The van der Waals surface area contributed by atoms with Crippen molar-refractivity contribution in [1.29, 1.82) is 0 Å². The van der Waals surface area contributed by atoms with Gasteiger partial charge < -0.3 is 15.2 Å². The Kier molecular flexibility index (Phi) is 5.63. The van der Waals surface area contributed by atoms with Gasteiger partial charge in [0.2, 0.25) is 0 Å². The summed E-state index contributed by atoms with van der Waals surface area (Å²) < 4.78 is 28.8. The average Bonchev–Trinajstić information content (AvgIpc) is 2.44. The van der Waals surface area contributed by atoms with Gasteiger partial charge in [0.05, 0.1) is 11.0 Å². The number of nitrogens with one attached hydrogen (secondary N) is 1. The zero-order chi connectivity index (χ0) is 16.0. The first-order valence-corrected chi connectivity index (χ1v) is 6.35. The van der Waals surface area contributed by atoms with Crippen LogP contribution in [0.15, 0.2) is 24.3 Å². The minimum absolute atomic E-state index is 0.0679. The van der Waals surface area contributed by atoms with Gasteiger partial charge in [-0.05, 0) is 25.5 Å². The normalized spacial score (nSPS) is 13.6. The number of halogens is 2. The van der Waals surface area contributed by atoms with E-state index >= 15 is 0 Å². The highest BCUT2D eigenvalue weighted by Crippen LogP contribution is 2.22. The summed E-state index contributed by atoms with van der Waals surface area (Å²) in [7, 11) is 0. The molecule has 1 rings (SSSR count). The van der Waals surface area contributed by atoms with Gasteiger partial charge in [-0.3, -0.25) is 9.59 Å². The van der Waals surface area contributed by atoms with E-state index in [-0.39, 0.29) is 17.9 Å². The van der Waals surface area contributed by atoms with Crippen LogP contribution in [0.3, 0.4) is 0 Å². The molecular formula is C14H17F2NO4. The number of aliphatic carboxylic acids is 1. The van der Waals surface area contributed by atoms with Gasteiger partial charge in [-0.15, -0.1) is 0 Å². The van der Waals surface area contributed by atoms with Gasteiger partial charge in [0.1, 0.15) is 5.75 Å². The molecule has 5 nitrogen and oxygen atoms in total. The van der Waals surface area contributed by atoms with Crippen LogP contribution in [0.2, 0.25) is 0 Å². The Morgan fingerprint density at radius 3 is 2.52 bits per heavy atom. The fraction of sp³-hybridized carbons (Fsp3) is 0.429. The zero-order valence-electron chi connectivity index (χ0n) is 11.7. The van der Waals surface area contributed by atoms with Crippen molar-refractivity contribution in [2.24, 2.45) is 5.41 Å². The number of benzene rings is 1. The van der Waals surface area contributed by atoms with E-state index in [1.807, 2.05) is 0 Å². The van der Waals surface area contributed by atoms with E-state index in [0.29, 0.717) is 6.42 Å².